The summed E-state index contributed by atoms with van der Waals surface area (Å²) in [5.74, 6) is 0. The van der Waals surface area contributed by atoms with Crippen LogP contribution in [0.25, 0.3) is 49.9 Å². The molecule has 1 N–H and O–H groups in total. The fourth-order valence-electron chi connectivity index (χ4n) is 10.5. The van der Waals surface area contributed by atoms with Gasteiger partial charge in [-0.3, -0.25) is 0 Å². The van der Waals surface area contributed by atoms with Crippen molar-refractivity contribution in [1.82, 2.24) is 0 Å². The first-order valence-electron chi connectivity index (χ1n) is 21.2. The van der Waals surface area contributed by atoms with Gasteiger partial charge >= 0.3 is 0 Å². The Kier molecular flexibility index (Phi) is 8.53. The Hall–Kier alpha value is -7.22. The molecule has 1 spiro atoms. The molecular formula is C59H45N. The van der Waals surface area contributed by atoms with E-state index in [0.717, 1.165) is 17.8 Å². The minimum atomic E-state index is -0.423. The molecule has 2 aliphatic rings. The summed E-state index contributed by atoms with van der Waals surface area (Å²) in [6, 6.07) is 78.4. The van der Waals surface area contributed by atoms with E-state index < -0.39 is 5.41 Å². The molecule has 9 aromatic carbocycles. The second-order valence-corrected chi connectivity index (χ2v) is 16.8. The van der Waals surface area contributed by atoms with Crippen LogP contribution in [0.15, 0.2) is 218 Å². The second-order valence-electron chi connectivity index (χ2n) is 16.8. The van der Waals surface area contributed by atoms with Crippen LogP contribution in [0.3, 0.4) is 0 Å². The first-order chi connectivity index (χ1) is 29.5. The van der Waals surface area contributed by atoms with Crippen LogP contribution in [0.2, 0.25) is 0 Å². The molecule has 60 heavy (non-hydrogen) atoms. The quantitative estimate of drug-likeness (QED) is 0.170. The Balaban J connectivity index is 1.02. The minimum absolute atomic E-state index is 0.128. The summed E-state index contributed by atoms with van der Waals surface area (Å²) in [5.41, 5.74) is 20.0. The zero-order valence-electron chi connectivity index (χ0n) is 34.0. The number of fused-ring (bicyclic) bond motifs is 10. The topological polar surface area (TPSA) is 12.0 Å². The normalized spacial score (nSPS) is 14.3. The van der Waals surface area contributed by atoms with Crippen LogP contribution in [-0.4, -0.2) is 0 Å². The van der Waals surface area contributed by atoms with E-state index >= 15 is 0 Å². The first-order valence-corrected chi connectivity index (χ1v) is 21.2. The highest BCUT2D eigenvalue weighted by molar-refractivity contribution is 6.08. The third-order valence-electron chi connectivity index (χ3n) is 13.2. The van der Waals surface area contributed by atoms with Gasteiger partial charge in [0, 0.05) is 16.8 Å². The smallest absolute Gasteiger partial charge is 0.0719 e. The summed E-state index contributed by atoms with van der Waals surface area (Å²) in [4.78, 5) is 0. The zero-order chi connectivity index (χ0) is 40.3. The molecule has 0 heterocycles. The van der Waals surface area contributed by atoms with Crippen LogP contribution in [0.4, 0.5) is 5.69 Å². The van der Waals surface area contributed by atoms with Gasteiger partial charge in [0.05, 0.1) is 5.41 Å². The first kappa shape index (κ1) is 35.9. The monoisotopic (exact) mass is 767 g/mol. The fraction of sp³-hybridized carbons (Fsp3) is 0.0847. The molecule has 1 heteroatoms. The van der Waals surface area contributed by atoms with Gasteiger partial charge in [0.2, 0.25) is 0 Å². The zero-order valence-corrected chi connectivity index (χ0v) is 34.0. The Morgan fingerprint density at radius 2 is 0.933 bits per heavy atom. The molecule has 286 valence electrons. The van der Waals surface area contributed by atoms with Crippen LogP contribution in [-0.2, 0) is 17.3 Å². The SMILES string of the molecule is CC1(C)c2ccccc2C2(c3ccccc3-c3c(-c4ccc(-c5ccc(N/C(=C\Cc6ccccc6)c6ccccc6)cc5)c5ccccc45)cccc32)c2ccccc21. The molecule has 0 fully saturated rings. The second kappa shape index (κ2) is 14.3. The molecule has 0 radical (unpaired) electrons. The number of rotatable bonds is 7. The van der Waals surface area contributed by atoms with E-state index in [4.69, 9.17) is 0 Å². The molecule has 0 saturated carbocycles. The van der Waals surface area contributed by atoms with Crippen molar-refractivity contribution in [1.29, 1.82) is 0 Å². The van der Waals surface area contributed by atoms with E-state index in [1.807, 2.05) is 0 Å². The van der Waals surface area contributed by atoms with Gasteiger partial charge in [0.1, 0.15) is 0 Å². The summed E-state index contributed by atoms with van der Waals surface area (Å²) < 4.78 is 0. The van der Waals surface area contributed by atoms with Crippen LogP contribution in [0, 0.1) is 0 Å². The molecule has 9 aromatic rings. The van der Waals surface area contributed by atoms with Gasteiger partial charge in [-0.05, 0) is 107 Å². The van der Waals surface area contributed by atoms with Gasteiger partial charge in [0.25, 0.3) is 0 Å². The maximum Gasteiger partial charge on any atom is 0.0719 e. The molecule has 1 nitrogen and oxygen atoms in total. The van der Waals surface area contributed by atoms with E-state index in [9.17, 15) is 0 Å². The number of allylic oxidation sites excluding steroid dienone is 1. The van der Waals surface area contributed by atoms with Crippen molar-refractivity contribution < 1.29 is 0 Å². The van der Waals surface area contributed by atoms with Crippen molar-refractivity contribution >= 4 is 22.2 Å². The lowest BCUT2D eigenvalue weighted by molar-refractivity contribution is 0.563. The van der Waals surface area contributed by atoms with Gasteiger partial charge in [-0.25, -0.2) is 0 Å². The third kappa shape index (κ3) is 5.53. The number of hydrogen-bond donors (Lipinski definition) is 1. The lowest BCUT2D eigenvalue weighted by Crippen LogP contribution is -2.40. The Morgan fingerprint density at radius 1 is 0.417 bits per heavy atom. The van der Waals surface area contributed by atoms with Crippen LogP contribution < -0.4 is 5.32 Å². The standard InChI is InChI=1S/C59H45N/c1-58(2)51-27-13-15-29-53(51)59(54-30-16-14-28-52(54)58)50-26-12-11-24-49(50)57-48(25-17-31-55(57)59)47-38-37-44(45-22-9-10-23-46(45)47)41-33-35-43(36-34-41)60-56(42-20-7-4-8-21-42)39-32-40-18-5-3-6-19-40/h3-31,33-39,60H,32H2,1-2H3/b56-39-. The van der Waals surface area contributed by atoms with Gasteiger partial charge < -0.3 is 5.32 Å². The molecular weight excluding hydrogens is 723 g/mol. The van der Waals surface area contributed by atoms with Crippen molar-refractivity contribution in [2.45, 2.75) is 31.1 Å². The molecule has 0 amide bonds. The molecule has 0 saturated heterocycles. The number of hydrogen-bond acceptors (Lipinski definition) is 1. The van der Waals surface area contributed by atoms with Crippen LogP contribution >= 0.6 is 0 Å². The lowest BCUT2D eigenvalue weighted by Gasteiger charge is -2.46. The predicted octanol–water partition coefficient (Wildman–Crippen LogP) is 14.9. The molecule has 11 rings (SSSR count). The van der Waals surface area contributed by atoms with E-state index in [-0.39, 0.29) is 5.41 Å². The van der Waals surface area contributed by atoms with Gasteiger partial charge in [0.15, 0.2) is 0 Å². The maximum atomic E-state index is 3.75. The average Bonchev–Trinajstić information content (AvgIpc) is 3.61. The van der Waals surface area contributed by atoms with E-state index in [2.05, 4.69) is 238 Å². The summed E-state index contributed by atoms with van der Waals surface area (Å²) in [6.45, 7) is 4.78. The van der Waals surface area contributed by atoms with Crippen molar-refractivity contribution in [3.05, 3.63) is 263 Å². The molecule has 0 aromatic heterocycles. The fourth-order valence-corrected chi connectivity index (χ4v) is 10.5. The molecule has 0 unspecified atom stereocenters. The summed E-state index contributed by atoms with van der Waals surface area (Å²) in [6.07, 6.45) is 3.14. The average molecular weight is 768 g/mol. The maximum absolute atomic E-state index is 3.75. The number of benzene rings is 9. The largest absolute Gasteiger partial charge is 0.355 e. The number of nitrogens with one attached hydrogen (secondary N) is 1. The van der Waals surface area contributed by atoms with Gasteiger partial charge in [-0.1, -0.05) is 220 Å². The van der Waals surface area contributed by atoms with Crippen molar-refractivity contribution in [3.8, 4) is 33.4 Å². The van der Waals surface area contributed by atoms with Crippen LogP contribution in [0.1, 0.15) is 58.4 Å². The molecule has 0 bridgehead atoms. The highest BCUT2D eigenvalue weighted by atomic mass is 14.9. The summed E-state index contributed by atoms with van der Waals surface area (Å²) in [5, 5.41) is 6.25. The van der Waals surface area contributed by atoms with Crippen molar-refractivity contribution in [3.63, 3.8) is 0 Å². The highest BCUT2D eigenvalue weighted by Crippen LogP contribution is 2.63. The molecule has 0 atom stereocenters. The Bertz CT molecular complexity index is 3050. The van der Waals surface area contributed by atoms with Crippen LogP contribution in [0.5, 0.6) is 0 Å². The Labute approximate surface area is 353 Å². The van der Waals surface area contributed by atoms with Crippen molar-refractivity contribution in [2.75, 3.05) is 5.32 Å². The minimum Gasteiger partial charge on any atom is -0.355 e. The Morgan fingerprint density at radius 3 is 1.62 bits per heavy atom. The van der Waals surface area contributed by atoms with Gasteiger partial charge in [-0.15, -0.1) is 0 Å². The molecule has 0 aliphatic heterocycles. The summed E-state index contributed by atoms with van der Waals surface area (Å²) in [7, 11) is 0. The highest BCUT2D eigenvalue weighted by Gasteiger charge is 2.53. The van der Waals surface area contributed by atoms with E-state index in [0.29, 0.717) is 0 Å². The molecule has 2 aliphatic carbocycles. The predicted molar refractivity (Wildman–Crippen MR) is 252 cm³/mol. The van der Waals surface area contributed by atoms with E-state index in [1.165, 1.54) is 88.7 Å². The van der Waals surface area contributed by atoms with Crippen molar-refractivity contribution in [2.24, 2.45) is 0 Å². The lowest BCUT2D eigenvalue weighted by atomic mass is 9.55. The summed E-state index contributed by atoms with van der Waals surface area (Å²) >= 11 is 0. The van der Waals surface area contributed by atoms with E-state index in [1.54, 1.807) is 0 Å². The number of anilines is 1. The third-order valence-corrected chi connectivity index (χ3v) is 13.2. The van der Waals surface area contributed by atoms with Gasteiger partial charge in [-0.2, -0.15) is 0 Å².